The maximum absolute atomic E-state index is 13.0. The van der Waals surface area contributed by atoms with Crippen molar-refractivity contribution >= 4 is 35.1 Å². The molecule has 0 radical (unpaired) electrons. The topological polar surface area (TPSA) is 78.5 Å². The van der Waals surface area contributed by atoms with Gasteiger partial charge in [-0.1, -0.05) is 24.4 Å². The third-order valence-electron chi connectivity index (χ3n) is 4.47. The van der Waals surface area contributed by atoms with Gasteiger partial charge >= 0.3 is 6.03 Å². The summed E-state index contributed by atoms with van der Waals surface area (Å²) in [5.41, 5.74) is -0.485. The number of hydrogen-bond donors (Lipinski definition) is 2. The van der Waals surface area contributed by atoms with Crippen LogP contribution in [0.4, 0.5) is 14.9 Å². The Morgan fingerprint density at radius 1 is 1.33 bits per heavy atom. The van der Waals surface area contributed by atoms with Crippen molar-refractivity contribution in [2.24, 2.45) is 0 Å². The second-order valence-electron chi connectivity index (χ2n) is 6.10. The molecule has 24 heavy (non-hydrogen) atoms. The highest BCUT2D eigenvalue weighted by Gasteiger charge is 2.52. The van der Waals surface area contributed by atoms with Crippen molar-refractivity contribution in [1.82, 2.24) is 10.2 Å². The minimum atomic E-state index is -0.770. The highest BCUT2D eigenvalue weighted by atomic mass is 35.5. The number of urea groups is 1. The molecule has 4 amide bonds. The van der Waals surface area contributed by atoms with E-state index in [4.69, 9.17) is 11.6 Å². The zero-order chi connectivity index (χ0) is 17.3. The molecule has 1 heterocycles. The molecule has 0 bridgehead atoms. The average Bonchev–Trinajstić information content (AvgIpc) is 3.07. The lowest BCUT2D eigenvalue weighted by Crippen LogP contribution is -2.44. The molecule has 128 valence electrons. The van der Waals surface area contributed by atoms with E-state index in [0.29, 0.717) is 12.8 Å². The zero-order valence-corrected chi connectivity index (χ0v) is 13.7. The van der Waals surface area contributed by atoms with Gasteiger partial charge in [-0.05, 0) is 31.0 Å². The molecule has 2 aliphatic rings. The van der Waals surface area contributed by atoms with Crippen LogP contribution in [-0.4, -0.2) is 34.8 Å². The highest BCUT2D eigenvalue weighted by molar-refractivity contribution is 6.33. The number of halogens is 2. The van der Waals surface area contributed by atoms with Crippen molar-refractivity contribution < 1.29 is 18.8 Å². The van der Waals surface area contributed by atoms with Gasteiger partial charge in [-0.15, -0.1) is 0 Å². The largest absolute Gasteiger partial charge is 0.325 e. The summed E-state index contributed by atoms with van der Waals surface area (Å²) in [7, 11) is 0. The molecule has 1 aromatic rings. The molecule has 2 fully saturated rings. The normalized spacial score (nSPS) is 19.0. The monoisotopic (exact) mass is 353 g/mol. The van der Waals surface area contributed by atoms with Gasteiger partial charge in [0.2, 0.25) is 5.91 Å². The van der Waals surface area contributed by atoms with Crippen LogP contribution in [0.25, 0.3) is 0 Å². The van der Waals surface area contributed by atoms with E-state index < -0.39 is 23.3 Å². The molecule has 1 aliphatic heterocycles. The van der Waals surface area contributed by atoms with Gasteiger partial charge in [0.1, 0.15) is 11.4 Å². The number of amides is 4. The fraction of sp³-hybridized carbons (Fsp3) is 0.438. The van der Waals surface area contributed by atoms with E-state index in [2.05, 4.69) is 10.6 Å². The van der Waals surface area contributed by atoms with Gasteiger partial charge in [0.05, 0.1) is 10.7 Å². The van der Waals surface area contributed by atoms with Gasteiger partial charge < -0.3 is 10.6 Å². The van der Waals surface area contributed by atoms with Crippen LogP contribution in [0.3, 0.4) is 0 Å². The Balaban J connectivity index is 1.58. The minimum Gasteiger partial charge on any atom is -0.325 e. The smallest absolute Gasteiger partial charge is 0.325 e. The number of carbonyl (C=O) groups excluding carboxylic acids is 3. The van der Waals surface area contributed by atoms with E-state index in [-0.39, 0.29) is 29.6 Å². The summed E-state index contributed by atoms with van der Waals surface area (Å²) in [6, 6.07) is 3.19. The number of anilines is 1. The van der Waals surface area contributed by atoms with E-state index >= 15 is 0 Å². The second kappa shape index (κ2) is 6.39. The summed E-state index contributed by atoms with van der Waals surface area (Å²) in [5, 5.41) is 5.39. The average molecular weight is 354 g/mol. The van der Waals surface area contributed by atoms with E-state index in [9.17, 15) is 18.8 Å². The lowest BCUT2D eigenvalue weighted by atomic mass is 9.98. The summed E-state index contributed by atoms with van der Waals surface area (Å²) in [5.74, 6) is -1.16. The van der Waals surface area contributed by atoms with E-state index in [1.54, 1.807) is 0 Å². The van der Waals surface area contributed by atoms with Gasteiger partial charge in [-0.2, -0.15) is 0 Å². The van der Waals surface area contributed by atoms with Gasteiger partial charge in [0, 0.05) is 13.0 Å². The maximum atomic E-state index is 13.0. The Morgan fingerprint density at radius 3 is 2.71 bits per heavy atom. The van der Waals surface area contributed by atoms with Crippen LogP contribution in [0.15, 0.2) is 18.2 Å². The molecule has 1 spiro atoms. The quantitative estimate of drug-likeness (QED) is 0.817. The summed E-state index contributed by atoms with van der Waals surface area (Å²) in [4.78, 5) is 37.6. The molecule has 2 N–H and O–H groups in total. The third-order valence-corrected chi connectivity index (χ3v) is 4.78. The number of rotatable bonds is 4. The maximum Gasteiger partial charge on any atom is 0.325 e. The highest BCUT2D eigenvalue weighted by Crippen LogP contribution is 2.35. The Morgan fingerprint density at radius 2 is 2.04 bits per heavy atom. The fourth-order valence-electron chi connectivity index (χ4n) is 3.21. The summed E-state index contributed by atoms with van der Waals surface area (Å²) < 4.78 is 13.0. The van der Waals surface area contributed by atoms with Crippen LogP contribution in [0.2, 0.25) is 5.02 Å². The first-order valence-corrected chi connectivity index (χ1v) is 8.18. The van der Waals surface area contributed by atoms with Crippen molar-refractivity contribution in [3.63, 3.8) is 0 Å². The van der Waals surface area contributed by atoms with Crippen molar-refractivity contribution in [2.75, 3.05) is 11.9 Å². The molecule has 8 heteroatoms. The van der Waals surface area contributed by atoms with Crippen LogP contribution >= 0.6 is 11.6 Å². The van der Waals surface area contributed by atoms with Gasteiger partial charge in [0.15, 0.2) is 0 Å². The molecular weight excluding hydrogens is 337 g/mol. The third kappa shape index (κ3) is 3.08. The van der Waals surface area contributed by atoms with Crippen LogP contribution in [0.5, 0.6) is 0 Å². The van der Waals surface area contributed by atoms with Crippen molar-refractivity contribution in [2.45, 2.75) is 37.6 Å². The van der Waals surface area contributed by atoms with Crippen LogP contribution < -0.4 is 10.6 Å². The molecule has 1 aliphatic carbocycles. The van der Waals surface area contributed by atoms with E-state index in [0.717, 1.165) is 23.8 Å². The predicted octanol–water partition coefficient (Wildman–Crippen LogP) is 2.67. The van der Waals surface area contributed by atoms with Crippen molar-refractivity contribution in [1.29, 1.82) is 0 Å². The van der Waals surface area contributed by atoms with Crippen molar-refractivity contribution in [3.8, 4) is 0 Å². The van der Waals surface area contributed by atoms with Gasteiger partial charge in [-0.25, -0.2) is 9.18 Å². The summed E-state index contributed by atoms with van der Waals surface area (Å²) in [6.45, 7) is -0.00291. The molecular formula is C16H17ClFN3O3. The zero-order valence-electron chi connectivity index (χ0n) is 12.9. The predicted molar refractivity (Wildman–Crippen MR) is 86.1 cm³/mol. The molecule has 0 unspecified atom stereocenters. The molecule has 3 rings (SSSR count). The number of carbonyl (C=O) groups is 3. The fourth-order valence-corrected chi connectivity index (χ4v) is 3.43. The van der Waals surface area contributed by atoms with E-state index in [1.807, 2.05) is 0 Å². The van der Waals surface area contributed by atoms with Crippen LogP contribution in [0.1, 0.15) is 32.1 Å². The number of nitrogens with one attached hydrogen (secondary N) is 2. The molecule has 1 aromatic carbocycles. The molecule has 0 aromatic heterocycles. The molecule has 1 saturated heterocycles. The first-order valence-electron chi connectivity index (χ1n) is 7.80. The standard InChI is InChI=1S/C16H17ClFN3O3/c17-11-9-10(18)3-4-12(11)19-13(22)5-8-21-14(23)16(20-15(21)24)6-1-2-7-16/h3-4,9H,1-2,5-8H2,(H,19,22)(H,20,24). The molecule has 1 saturated carbocycles. The Hall–Kier alpha value is -2.15. The first-order chi connectivity index (χ1) is 11.4. The number of benzene rings is 1. The van der Waals surface area contributed by atoms with Crippen LogP contribution in [-0.2, 0) is 9.59 Å². The SMILES string of the molecule is O=C(CCN1C(=O)NC2(CCCC2)C1=O)Nc1ccc(F)cc1Cl. The molecule has 0 atom stereocenters. The van der Waals surface area contributed by atoms with Gasteiger partial charge in [-0.3, -0.25) is 14.5 Å². The Labute approximate surface area is 143 Å². The second-order valence-corrected chi connectivity index (χ2v) is 6.51. The lowest BCUT2D eigenvalue weighted by molar-refractivity contribution is -0.131. The first kappa shape index (κ1) is 16.7. The number of hydrogen-bond acceptors (Lipinski definition) is 3. The summed E-state index contributed by atoms with van der Waals surface area (Å²) in [6.07, 6.45) is 3.05. The Kier molecular flexibility index (Phi) is 4.45. The summed E-state index contributed by atoms with van der Waals surface area (Å²) >= 11 is 5.85. The van der Waals surface area contributed by atoms with Crippen molar-refractivity contribution in [3.05, 3.63) is 29.0 Å². The number of nitrogens with zero attached hydrogens (tertiary/aromatic N) is 1. The van der Waals surface area contributed by atoms with Gasteiger partial charge in [0.25, 0.3) is 5.91 Å². The Bertz CT molecular complexity index is 704. The van der Waals surface area contributed by atoms with E-state index in [1.165, 1.54) is 12.1 Å². The lowest BCUT2D eigenvalue weighted by Gasteiger charge is -2.19. The molecule has 6 nitrogen and oxygen atoms in total. The minimum absolute atomic E-state index is 0.00291. The number of imide groups is 1. The van der Waals surface area contributed by atoms with Crippen LogP contribution in [0, 0.1) is 5.82 Å².